The molecule has 7 heteroatoms. The average Bonchev–Trinajstić information content (AvgIpc) is 2.85. The van der Waals surface area contributed by atoms with Crippen LogP contribution >= 0.6 is 27.5 Å². The summed E-state index contributed by atoms with van der Waals surface area (Å²) in [7, 11) is -3.49. The predicted octanol–water partition coefficient (Wildman–Crippen LogP) is 2.95. The topological polar surface area (TPSA) is 55.4 Å². The van der Waals surface area contributed by atoms with Crippen LogP contribution in [0.5, 0.6) is 0 Å². The van der Waals surface area contributed by atoms with Gasteiger partial charge in [-0.1, -0.05) is 11.6 Å². The molecule has 0 radical (unpaired) electrons. The smallest absolute Gasteiger partial charge is 0.240 e. The Morgan fingerprint density at radius 2 is 2.26 bits per heavy atom. The van der Waals surface area contributed by atoms with Gasteiger partial charge >= 0.3 is 0 Å². The zero-order valence-electron chi connectivity index (χ0n) is 10.2. The first kappa shape index (κ1) is 15.3. The van der Waals surface area contributed by atoms with Gasteiger partial charge in [-0.2, -0.15) is 0 Å². The number of hydrogen-bond donors (Lipinski definition) is 1. The van der Waals surface area contributed by atoms with Crippen molar-refractivity contribution < 1.29 is 13.2 Å². The van der Waals surface area contributed by atoms with Gasteiger partial charge in [0.25, 0.3) is 0 Å². The van der Waals surface area contributed by atoms with Crippen molar-refractivity contribution in [3.8, 4) is 0 Å². The molecule has 0 spiro atoms. The monoisotopic (exact) mass is 367 g/mol. The molecule has 1 unspecified atom stereocenters. The zero-order valence-corrected chi connectivity index (χ0v) is 13.4. The van der Waals surface area contributed by atoms with Crippen LogP contribution in [0.1, 0.15) is 19.3 Å². The van der Waals surface area contributed by atoms with Gasteiger partial charge in [-0.15, -0.1) is 0 Å². The zero-order chi connectivity index (χ0) is 13.9. The summed E-state index contributed by atoms with van der Waals surface area (Å²) in [5, 5.41) is 0.485. The highest BCUT2D eigenvalue weighted by molar-refractivity contribution is 9.10. The van der Waals surface area contributed by atoms with Crippen molar-refractivity contribution in [2.24, 2.45) is 0 Å². The highest BCUT2D eigenvalue weighted by Gasteiger charge is 2.18. The van der Waals surface area contributed by atoms with Crippen molar-refractivity contribution in [2.45, 2.75) is 30.3 Å². The number of rotatable bonds is 5. The minimum Gasteiger partial charge on any atom is -0.378 e. The predicted molar refractivity (Wildman–Crippen MR) is 77.9 cm³/mol. The molecule has 0 saturated carbocycles. The van der Waals surface area contributed by atoms with Gasteiger partial charge in [-0.25, -0.2) is 13.1 Å². The first-order valence-corrected chi connectivity index (χ1v) is 8.71. The maximum atomic E-state index is 12.1. The van der Waals surface area contributed by atoms with Crippen LogP contribution in [-0.2, 0) is 14.8 Å². The van der Waals surface area contributed by atoms with E-state index < -0.39 is 10.0 Å². The van der Waals surface area contributed by atoms with E-state index in [2.05, 4.69) is 20.7 Å². The molecular weight excluding hydrogens is 354 g/mol. The summed E-state index contributed by atoms with van der Waals surface area (Å²) in [6, 6.07) is 4.54. The number of ether oxygens (including phenoxy) is 1. The van der Waals surface area contributed by atoms with Crippen LogP contribution in [0.4, 0.5) is 0 Å². The highest BCUT2D eigenvalue weighted by atomic mass is 79.9. The fraction of sp³-hybridized carbons (Fsp3) is 0.500. The normalized spacial score (nSPS) is 19.8. The number of hydrogen-bond acceptors (Lipinski definition) is 3. The van der Waals surface area contributed by atoms with E-state index in [9.17, 15) is 8.42 Å². The molecule has 2 rings (SSSR count). The molecule has 0 amide bonds. The third-order valence-electron chi connectivity index (χ3n) is 2.98. The Labute approximate surface area is 126 Å². The molecule has 0 aromatic heterocycles. The molecular formula is C12H15BrClNO3S. The van der Waals surface area contributed by atoms with E-state index in [0.29, 0.717) is 22.5 Å². The van der Waals surface area contributed by atoms with E-state index in [1.165, 1.54) is 12.1 Å². The van der Waals surface area contributed by atoms with Gasteiger partial charge in [0, 0.05) is 17.6 Å². The lowest BCUT2D eigenvalue weighted by atomic mass is 10.2. The van der Waals surface area contributed by atoms with Crippen LogP contribution < -0.4 is 4.72 Å². The summed E-state index contributed by atoms with van der Waals surface area (Å²) in [5.41, 5.74) is 0. The Bertz CT molecular complexity index is 544. The molecule has 0 bridgehead atoms. The van der Waals surface area contributed by atoms with Crippen molar-refractivity contribution in [3.05, 3.63) is 27.7 Å². The molecule has 1 atom stereocenters. The van der Waals surface area contributed by atoms with E-state index in [-0.39, 0.29) is 11.0 Å². The third kappa shape index (κ3) is 4.16. The summed E-state index contributed by atoms with van der Waals surface area (Å²) in [4.78, 5) is 0.205. The second-order valence-corrected chi connectivity index (χ2v) is 7.43. The lowest BCUT2D eigenvalue weighted by Crippen LogP contribution is -2.27. The SMILES string of the molecule is O=S(=O)(NCCC1CCCO1)c1ccc(Cl)c(Br)c1. The van der Waals surface area contributed by atoms with Crippen LogP contribution in [0.25, 0.3) is 0 Å². The van der Waals surface area contributed by atoms with E-state index >= 15 is 0 Å². The molecule has 1 aliphatic rings. The molecule has 1 aromatic carbocycles. The lowest BCUT2D eigenvalue weighted by molar-refractivity contribution is 0.105. The van der Waals surface area contributed by atoms with Crippen LogP contribution in [0.15, 0.2) is 27.6 Å². The molecule has 19 heavy (non-hydrogen) atoms. The van der Waals surface area contributed by atoms with Crippen LogP contribution in [0.2, 0.25) is 5.02 Å². The molecule has 1 aliphatic heterocycles. The van der Waals surface area contributed by atoms with Crippen molar-refractivity contribution in [3.63, 3.8) is 0 Å². The number of nitrogens with one attached hydrogen (secondary N) is 1. The highest BCUT2D eigenvalue weighted by Crippen LogP contribution is 2.25. The van der Waals surface area contributed by atoms with Crippen LogP contribution in [0, 0.1) is 0 Å². The van der Waals surface area contributed by atoms with Crippen LogP contribution in [-0.4, -0.2) is 27.7 Å². The summed E-state index contributed by atoms with van der Waals surface area (Å²) >= 11 is 9.06. The first-order valence-electron chi connectivity index (χ1n) is 6.05. The first-order chi connectivity index (χ1) is 8.99. The quantitative estimate of drug-likeness (QED) is 0.869. The molecule has 1 heterocycles. The lowest BCUT2D eigenvalue weighted by Gasteiger charge is -2.11. The second kappa shape index (κ2) is 6.54. The summed E-state index contributed by atoms with van der Waals surface area (Å²) in [5.74, 6) is 0. The van der Waals surface area contributed by atoms with E-state index in [1.54, 1.807) is 6.07 Å². The fourth-order valence-corrected chi connectivity index (χ4v) is 3.67. The van der Waals surface area contributed by atoms with Gasteiger partial charge in [-0.3, -0.25) is 0 Å². The van der Waals surface area contributed by atoms with Gasteiger partial charge in [0.2, 0.25) is 10.0 Å². The average molecular weight is 369 g/mol. The number of halogens is 2. The third-order valence-corrected chi connectivity index (χ3v) is 5.66. The van der Waals surface area contributed by atoms with Gasteiger partial charge in [0.15, 0.2) is 0 Å². The molecule has 4 nitrogen and oxygen atoms in total. The number of benzene rings is 1. The van der Waals surface area contributed by atoms with Crippen molar-refractivity contribution in [1.29, 1.82) is 0 Å². The van der Waals surface area contributed by atoms with Gasteiger partial charge in [-0.05, 0) is 53.4 Å². The standard InChI is InChI=1S/C12H15BrClNO3S/c13-11-8-10(3-4-12(11)14)19(16,17)15-6-5-9-2-1-7-18-9/h3-4,8-9,15H,1-2,5-7H2. The number of sulfonamides is 1. The summed E-state index contributed by atoms with van der Waals surface area (Å²) in [6.45, 7) is 1.16. The molecule has 1 N–H and O–H groups in total. The van der Waals surface area contributed by atoms with E-state index in [4.69, 9.17) is 16.3 Å². The van der Waals surface area contributed by atoms with Gasteiger partial charge < -0.3 is 4.74 Å². The molecule has 1 fully saturated rings. The molecule has 0 aliphatic carbocycles. The van der Waals surface area contributed by atoms with Crippen molar-refractivity contribution in [2.75, 3.05) is 13.2 Å². The van der Waals surface area contributed by atoms with Crippen molar-refractivity contribution in [1.82, 2.24) is 4.72 Å². The Morgan fingerprint density at radius 1 is 1.47 bits per heavy atom. The summed E-state index contributed by atoms with van der Waals surface area (Å²) in [6.07, 6.45) is 2.95. The van der Waals surface area contributed by atoms with E-state index in [1.807, 2.05) is 0 Å². The van der Waals surface area contributed by atoms with Crippen molar-refractivity contribution >= 4 is 37.6 Å². The Hall–Kier alpha value is -0.140. The second-order valence-electron chi connectivity index (χ2n) is 4.40. The Balaban J connectivity index is 1.95. The van der Waals surface area contributed by atoms with Gasteiger partial charge in [0.1, 0.15) is 0 Å². The Morgan fingerprint density at radius 3 is 2.89 bits per heavy atom. The largest absolute Gasteiger partial charge is 0.378 e. The van der Waals surface area contributed by atoms with Crippen LogP contribution in [0.3, 0.4) is 0 Å². The molecule has 1 aromatic rings. The fourth-order valence-electron chi connectivity index (χ4n) is 1.95. The molecule has 106 valence electrons. The maximum absolute atomic E-state index is 12.1. The van der Waals surface area contributed by atoms with Gasteiger partial charge in [0.05, 0.1) is 16.0 Å². The summed E-state index contributed by atoms with van der Waals surface area (Å²) < 4.78 is 32.7. The minimum atomic E-state index is -3.49. The Kier molecular flexibility index (Phi) is 5.25. The van der Waals surface area contributed by atoms with E-state index in [0.717, 1.165) is 19.4 Å². The maximum Gasteiger partial charge on any atom is 0.240 e. The molecule has 1 saturated heterocycles. The minimum absolute atomic E-state index is 0.180.